The van der Waals surface area contributed by atoms with Crippen molar-refractivity contribution in [1.82, 2.24) is 0 Å². The van der Waals surface area contributed by atoms with Gasteiger partial charge in [0.15, 0.2) is 6.61 Å². The van der Waals surface area contributed by atoms with E-state index < -0.39 is 4.92 Å². The molecule has 0 saturated heterocycles. The highest BCUT2D eigenvalue weighted by atomic mass is 16.6. The lowest BCUT2D eigenvalue weighted by Crippen LogP contribution is -2.20. The number of para-hydroxylation sites is 1. The molecule has 3 aromatic rings. The van der Waals surface area contributed by atoms with Crippen LogP contribution in [0, 0.1) is 21.4 Å². The van der Waals surface area contributed by atoms with Gasteiger partial charge in [0.25, 0.3) is 11.6 Å². The van der Waals surface area contributed by atoms with Crippen molar-refractivity contribution in [2.45, 2.75) is 0 Å². The van der Waals surface area contributed by atoms with Crippen LogP contribution in [0.5, 0.6) is 11.5 Å². The van der Waals surface area contributed by atoms with Gasteiger partial charge in [0.2, 0.25) is 0 Å². The summed E-state index contributed by atoms with van der Waals surface area (Å²) in [5, 5.41) is 23.1. The monoisotopic (exact) mass is 429 g/mol. The van der Waals surface area contributed by atoms with E-state index >= 15 is 0 Å². The number of rotatable bonds is 8. The molecule has 0 radical (unpaired) electrons. The highest BCUT2D eigenvalue weighted by Crippen LogP contribution is 2.26. The standard InChI is InChI=1S/C24H19N3O5/c1-31-22-12-8-20(9-13-22)26-24(28)16-32-23-5-3-2-4-18(23)14-19(15-25)17-6-10-21(11-7-17)27(29)30/h2-14H,16H2,1H3,(H,26,28)/b19-14+. The molecule has 160 valence electrons. The minimum atomic E-state index is -0.500. The lowest BCUT2D eigenvalue weighted by atomic mass is 10.0. The number of ether oxygens (including phenoxy) is 2. The van der Waals surface area contributed by atoms with Crippen molar-refractivity contribution in [2.24, 2.45) is 0 Å². The third-order valence-corrected chi connectivity index (χ3v) is 4.46. The quantitative estimate of drug-likeness (QED) is 0.241. The Morgan fingerprint density at radius 3 is 2.41 bits per heavy atom. The van der Waals surface area contributed by atoms with Gasteiger partial charge in [0, 0.05) is 23.4 Å². The van der Waals surface area contributed by atoms with Crippen molar-refractivity contribution in [1.29, 1.82) is 5.26 Å². The number of allylic oxidation sites excluding steroid dienone is 1. The SMILES string of the molecule is COc1ccc(NC(=O)COc2ccccc2/C=C(\C#N)c2ccc([N+](=O)[O-])cc2)cc1. The highest BCUT2D eigenvalue weighted by molar-refractivity contribution is 5.92. The number of hydrogen-bond donors (Lipinski definition) is 1. The molecule has 0 aliphatic heterocycles. The van der Waals surface area contributed by atoms with Crippen molar-refractivity contribution in [3.8, 4) is 17.6 Å². The average molecular weight is 429 g/mol. The van der Waals surface area contributed by atoms with Gasteiger partial charge in [-0.3, -0.25) is 14.9 Å². The van der Waals surface area contributed by atoms with Crippen LogP contribution in [0.2, 0.25) is 0 Å². The van der Waals surface area contributed by atoms with Gasteiger partial charge in [-0.1, -0.05) is 18.2 Å². The molecule has 0 saturated carbocycles. The van der Waals surface area contributed by atoms with Crippen LogP contribution in [0.3, 0.4) is 0 Å². The van der Waals surface area contributed by atoms with E-state index in [-0.39, 0.29) is 18.2 Å². The number of anilines is 1. The second-order valence-electron chi connectivity index (χ2n) is 6.58. The molecular formula is C24H19N3O5. The number of nitrogens with zero attached hydrogens (tertiary/aromatic N) is 2. The Morgan fingerprint density at radius 1 is 1.09 bits per heavy atom. The molecule has 0 heterocycles. The maximum atomic E-state index is 12.2. The first-order chi connectivity index (χ1) is 15.5. The third-order valence-electron chi connectivity index (χ3n) is 4.46. The van der Waals surface area contributed by atoms with Crippen LogP contribution < -0.4 is 14.8 Å². The zero-order valence-corrected chi connectivity index (χ0v) is 17.1. The first-order valence-corrected chi connectivity index (χ1v) is 9.52. The molecule has 0 aliphatic carbocycles. The van der Waals surface area contributed by atoms with Gasteiger partial charge < -0.3 is 14.8 Å². The van der Waals surface area contributed by atoms with E-state index in [4.69, 9.17) is 9.47 Å². The molecule has 1 amide bonds. The number of carbonyl (C=O) groups is 1. The molecule has 8 heteroatoms. The molecule has 0 fully saturated rings. The van der Waals surface area contributed by atoms with Crippen LogP contribution >= 0.6 is 0 Å². The van der Waals surface area contributed by atoms with Gasteiger partial charge in [0.05, 0.1) is 23.7 Å². The van der Waals surface area contributed by atoms with Gasteiger partial charge in [-0.25, -0.2) is 0 Å². The summed E-state index contributed by atoms with van der Waals surface area (Å²) >= 11 is 0. The second kappa shape index (κ2) is 10.4. The molecule has 32 heavy (non-hydrogen) atoms. The molecule has 3 aromatic carbocycles. The van der Waals surface area contributed by atoms with Gasteiger partial charge in [0.1, 0.15) is 11.5 Å². The fourth-order valence-corrected chi connectivity index (χ4v) is 2.84. The maximum Gasteiger partial charge on any atom is 0.269 e. The van der Waals surface area contributed by atoms with Crippen molar-refractivity contribution in [3.05, 3.63) is 94.0 Å². The number of nitro benzene ring substituents is 1. The number of nitriles is 1. The predicted octanol–water partition coefficient (Wildman–Crippen LogP) is 4.69. The average Bonchev–Trinajstić information content (AvgIpc) is 2.82. The molecule has 3 rings (SSSR count). The van der Waals surface area contributed by atoms with Crippen LogP contribution in [-0.4, -0.2) is 24.5 Å². The van der Waals surface area contributed by atoms with Gasteiger partial charge in [-0.05, 0) is 54.1 Å². The summed E-state index contributed by atoms with van der Waals surface area (Å²) in [6.07, 6.45) is 1.61. The zero-order chi connectivity index (χ0) is 22.9. The van der Waals surface area contributed by atoms with Gasteiger partial charge >= 0.3 is 0 Å². The Labute approximate surface area is 184 Å². The number of nitro groups is 1. The predicted molar refractivity (Wildman–Crippen MR) is 120 cm³/mol. The minimum Gasteiger partial charge on any atom is -0.497 e. The Kier molecular flexibility index (Phi) is 7.17. The molecule has 0 aromatic heterocycles. The van der Waals surface area contributed by atoms with E-state index in [1.54, 1.807) is 61.7 Å². The zero-order valence-electron chi connectivity index (χ0n) is 17.1. The fourth-order valence-electron chi connectivity index (χ4n) is 2.84. The van der Waals surface area contributed by atoms with Gasteiger partial charge in [-0.2, -0.15) is 5.26 Å². The number of nitrogens with one attached hydrogen (secondary N) is 1. The number of hydrogen-bond acceptors (Lipinski definition) is 6. The molecular weight excluding hydrogens is 410 g/mol. The molecule has 0 unspecified atom stereocenters. The summed E-state index contributed by atoms with van der Waals surface area (Å²) in [4.78, 5) is 22.6. The van der Waals surface area contributed by atoms with Gasteiger partial charge in [-0.15, -0.1) is 0 Å². The lowest BCUT2D eigenvalue weighted by Gasteiger charge is -2.10. The topological polar surface area (TPSA) is 114 Å². The summed E-state index contributed by atoms with van der Waals surface area (Å²) in [5.74, 6) is 0.762. The second-order valence-corrected chi connectivity index (χ2v) is 6.58. The number of amides is 1. The number of carbonyl (C=O) groups excluding carboxylic acids is 1. The van der Waals surface area contributed by atoms with Crippen molar-refractivity contribution in [2.75, 3.05) is 19.0 Å². The molecule has 0 bridgehead atoms. The number of methoxy groups -OCH3 is 1. The van der Waals surface area contributed by atoms with E-state index in [0.29, 0.717) is 33.9 Å². The van der Waals surface area contributed by atoms with E-state index in [2.05, 4.69) is 11.4 Å². The summed E-state index contributed by atoms with van der Waals surface area (Å²) in [6.45, 7) is -0.226. The van der Waals surface area contributed by atoms with E-state index in [0.717, 1.165) is 0 Å². The molecule has 0 atom stereocenters. The Morgan fingerprint density at radius 2 is 1.78 bits per heavy atom. The number of benzene rings is 3. The van der Waals surface area contributed by atoms with Crippen LogP contribution in [-0.2, 0) is 4.79 Å². The van der Waals surface area contributed by atoms with Crippen molar-refractivity contribution >= 4 is 28.9 Å². The Balaban J connectivity index is 1.72. The Hall–Kier alpha value is -4.64. The lowest BCUT2D eigenvalue weighted by molar-refractivity contribution is -0.384. The third kappa shape index (κ3) is 5.70. The first-order valence-electron chi connectivity index (χ1n) is 9.52. The van der Waals surface area contributed by atoms with Crippen LogP contribution in [0.25, 0.3) is 11.6 Å². The minimum absolute atomic E-state index is 0.0577. The maximum absolute atomic E-state index is 12.2. The van der Waals surface area contributed by atoms with Crippen molar-refractivity contribution < 1.29 is 19.2 Å². The molecule has 0 spiro atoms. The van der Waals surface area contributed by atoms with E-state index in [9.17, 15) is 20.2 Å². The van der Waals surface area contributed by atoms with E-state index in [1.807, 2.05) is 0 Å². The molecule has 0 aliphatic rings. The Bertz CT molecular complexity index is 1180. The summed E-state index contributed by atoms with van der Waals surface area (Å²) in [7, 11) is 1.56. The van der Waals surface area contributed by atoms with Crippen molar-refractivity contribution in [3.63, 3.8) is 0 Å². The normalized spacial score (nSPS) is 10.7. The van der Waals surface area contributed by atoms with Crippen LogP contribution in [0.4, 0.5) is 11.4 Å². The summed E-state index contributed by atoms with van der Waals surface area (Å²) in [6, 6.07) is 21.7. The van der Waals surface area contributed by atoms with Crippen LogP contribution in [0.1, 0.15) is 11.1 Å². The number of non-ortho nitro benzene ring substituents is 1. The fraction of sp³-hybridized carbons (Fsp3) is 0.0833. The first kappa shape index (κ1) is 22.1. The smallest absolute Gasteiger partial charge is 0.269 e. The molecule has 8 nitrogen and oxygen atoms in total. The largest absolute Gasteiger partial charge is 0.497 e. The highest BCUT2D eigenvalue weighted by Gasteiger charge is 2.10. The molecule has 1 N–H and O–H groups in total. The summed E-state index contributed by atoms with van der Waals surface area (Å²) in [5.41, 5.74) is 1.98. The van der Waals surface area contributed by atoms with Crippen LogP contribution in [0.15, 0.2) is 72.8 Å². The van der Waals surface area contributed by atoms with E-state index in [1.165, 1.54) is 24.3 Å². The summed E-state index contributed by atoms with van der Waals surface area (Å²) < 4.78 is 10.8.